The first-order chi connectivity index (χ1) is 11.2. The lowest BCUT2D eigenvalue weighted by Gasteiger charge is -2.15. The van der Waals surface area contributed by atoms with Crippen molar-refractivity contribution >= 4 is 12.0 Å². The summed E-state index contributed by atoms with van der Waals surface area (Å²) in [4.78, 5) is 15.8. The fourth-order valence-electron chi connectivity index (χ4n) is 1.88. The van der Waals surface area contributed by atoms with Crippen molar-refractivity contribution < 1.29 is 14.3 Å². The number of carbonyl (C=O) groups excluding carboxylic acids is 1. The summed E-state index contributed by atoms with van der Waals surface area (Å²) in [6.07, 6.45) is 6.45. The van der Waals surface area contributed by atoms with Crippen LogP contribution in [0.2, 0.25) is 0 Å². The van der Waals surface area contributed by atoms with Crippen LogP contribution in [0.15, 0.2) is 54.9 Å². The highest BCUT2D eigenvalue weighted by atomic mass is 16.5. The van der Waals surface area contributed by atoms with Crippen molar-refractivity contribution in [2.45, 2.75) is 13.0 Å². The molecular weight excluding hydrogens is 292 g/mol. The lowest BCUT2D eigenvalue weighted by molar-refractivity contribution is -0.116. The van der Waals surface area contributed by atoms with Crippen LogP contribution >= 0.6 is 0 Å². The summed E-state index contributed by atoms with van der Waals surface area (Å²) >= 11 is 0. The standard InChI is InChI=1S/C18H20N2O3/c1-14(23-17-8-6-16(22-2)7-9-17)12-20-18(21)10-5-15-4-3-11-19-13-15/h3-11,13-14H,12H2,1-2H3,(H,20,21)/b10-5-/t14-/m0/s1. The van der Waals surface area contributed by atoms with Gasteiger partial charge in [0.1, 0.15) is 17.6 Å². The largest absolute Gasteiger partial charge is 0.497 e. The summed E-state index contributed by atoms with van der Waals surface area (Å²) < 4.78 is 10.8. The van der Waals surface area contributed by atoms with Gasteiger partial charge in [0.05, 0.1) is 13.7 Å². The Morgan fingerprint density at radius 1 is 1.26 bits per heavy atom. The second-order valence-electron chi connectivity index (χ2n) is 4.97. The molecule has 1 N–H and O–H groups in total. The molecule has 2 rings (SSSR count). The highest BCUT2D eigenvalue weighted by Crippen LogP contribution is 2.17. The van der Waals surface area contributed by atoms with Gasteiger partial charge in [0.2, 0.25) is 5.91 Å². The maximum atomic E-state index is 11.8. The quantitative estimate of drug-likeness (QED) is 0.799. The number of methoxy groups -OCH3 is 1. The number of carbonyl (C=O) groups is 1. The summed E-state index contributed by atoms with van der Waals surface area (Å²) in [6.45, 7) is 2.32. The highest BCUT2D eigenvalue weighted by Gasteiger charge is 2.05. The SMILES string of the molecule is COc1ccc(O[C@@H](C)CNC(=O)/C=C\c2cccnc2)cc1. The maximum absolute atomic E-state index is 11.8. The molecule has 23 heavy (non-hydrogen) atoms. The van der Waals surface area contributed by atoms with E-state index in [2.05, 4.69) is 10.3 Å². The van der Waals surface area contributed by atoms with Crippen LogP contribution in [-0.4, -0.2) is 30.6 Å². The molecule has 1 amide bonds. The molecule has 120 valence electrons. The molecule has 0 saturated heterocycles. The lowest BCUT2D eigenvalue weighted by Crippen LogP contribution is -2.32. The molecule has 0 aliphatic rings. The number of benzene rings is 1. The fraction of sp³-hybridized carbons (Fsp3) is 0.222. The molecule has 2 aromatic rings. The molecule has 5 heteroatoms. The second-order valence-corrected chi connectivity index (χ2v) is 4.97. The van der Waals surface area contributed by atoms with E-state index in [1.165, 1.54) is 6.08 Å². The number of rotatable bonds is 7. The van der Waals surface area contributed by atoms with Gasteiger partial charge in [0, 0.05) is 18.5 Å². The molecular formula is C18H20N2O3. The zero-order valence-corrected chi connectivity index (χ0v) is 13.2. The maximum Gasteiger partial charge on any atom is 0.244 e. The topological polar surface area (TPSA) is 60.5 Å². The number of nitrogens with zero attached hydrogens (tertiary/aromatic N) is 1. The first-order valence-corrected chi connectivity index (χ1v) is 7.34. The van der Waals surface area contributed by atoms with Gasteiger partial charge in [0.15, 0.2) is 0 Å². The van der Waals surface area contributed by atoms with Gasteiger partial charge in [-0.25, -0.2) is 0 Å². The van der Waals surface area contributed by atoms with Crippen molar-refractivity contribution in [1.82, 2.24) is 10.3 Å². The van der Waals surface area contributed by atoms with Crippen molar-refractivity contribution in [2.24, 2.45) is 0 Å². The van der Waals surface area contributed by atoms with Gasteiger partial charge in [0.25, 0.3) is 0 Å². The molecule has 0 unspecified atom stereocenters. The van der Waals surface area contributed by atoms with Gasteiger partial charge in [-0.2, -0.15) is 0 Å². The van der Waals surface area contributed by atoms with Gasteiger partial charge in [-0.15, -0.1) is 0 Å². The minimum Gasteiger partial charge on any atom is -0.497 e. The number of hydrogen-bond donors (Lipinski definition) is 1. The number of ether oxygens (including phenoxy) is 2. The van der Waals surface area contributed by atoms with E-state index in [4.69, 9.17) is 9.47 Å². The Kier molecular flexibility index (Phi) is 6.17. The zero-order valence-electron chi connectivity index (χ0n) is 13.2. The molecule has 1 aromatic heterocycles. The predicted octanol–water partition coefficient (Wildman–Crippen LogP) is 2.69. The molecule has 5 nitrogen and oxygen atoms in total. The molecule has 1 aromatic carbocycles. The molecule has 0 aliphatic heterocycles. The third-order valence-electron chi connectivity index (χ3n) is 3.07. The first kappa shape index (κ1) is 16.5. The van der Waals surface area contributed by atoms with Crippen LogP contribution in [-0.2, 0) is 4.79 Å². The Bertz CT molecular complexity index is 639. The minimum atomic E-state index is -0.168. The average Bonchev–Trinajstić information content (AvgIpc) is 2.60. The van der Waals surface area contributed by atoms with E-state index in [0.29, 0.717) is 6.54 Å². The molecule has 0 fully saturated rings. The van der Waals surface area contributed by atoms with Gasteiger partial charge >= 0.3 is 0 Å². The van der Waals surface area contributed by atoms with Crippen LogP contribution in [0.3, 0.4) is 0 Å². The Morgan fingerprint density at radius 2 is 2.00 bits per heavy atom. The van der Waals surface area contributed by atoms with E-state index >= 15 is 0 Å². The third kappa shape index (κ3) is 5.82. The normalized spacial score (nSPS) is 11.9. The van der Waals surface area contributed by atoms with Crippen LogP contribution in [0.4, 0.5) is 0 Å². The van der Waals surface area contributed by atoms with Gasteiger partial charge in [-0.1, -0.05) is 6.07 Å². The van der Waals surface area contributed by atoms with Crippen LogP contribution in [0.1, 0.15) is 12.5 Å². The van der Waals surface area contributed by atoms with Gasteiger partial charge < -0.3 is 14.8 Å². The number of pyridine rings is 1. The number of amides is 1. The number of nitrogens with one attached hydrogen (secondary N) is 1. The molecule has 0 spiro atoms. The fourth-order valence-corrected chi connectivity index (χ4v) is 1.88. The zero-order chi connectivity index (χ0) is 16.5. The smallest absolute Gasteiger partial charge is 0.244 e. The molecule has 0 radical (unpaired) electrons. The van der Waals surface area contributed by atoms with E-state index in [-0.39, 0.29) is 12.0 Å². The van der Waals surface area contributed by atoms with Gasteiger partial charge in [-0.3, -0.25) is 9.78 Å². The monoisotopic (exact) mass is 312 g/mol. The Morgan fingerprint density at radius 3 is 2.65 bits per heavy atom. The third-order valence-corrected chi connectivity index (χ3v) is 3.07. The van der Waals surface area contributed by atoms with Crippen LogP contribution in [0.5, 0.6) is 11.5 Å². The first-order valence-electron chi connectivity index (χ1n) is 7.34. The molecule has 1 atom stereocenters. The van der Waals surface area contributed by atoms with Gasteiger partial charge in [-0.05, 0) is 48.9 Å². The predicted molar refractivity (Wildman–Crippen MR) is 89.4 cm³/mol. The molecule has 0 aliphatic carbocycles. The van der Waals surface area contributed by atoms with E-state index in [1.54, 1.807) is 25.6 Å². The summed E-state index contributed by atoms with van der Waals surface area (Å²) in [5.74, 6) is 1.34. The van der Waals surface area contributed by atoms with E-state index < -0.39 is 0 Å². The molecule has 1 heterocycles. The summed E-state index contributed by atoms with van der Waals surface area (Å²) in [5, 5.41) is 2.80. The van der Waals surface area contributed by atoms with Crippen molar-refractivity contribution in [3.8, 4) is 11.5 Å². The lowest BCUT2D eigenvalue weighted by atomic mass is 10.2. The Hall–Kier alpha value is -2.82. The van der Waals surface area contributed by atoms with Crippen LogP contribution in [0.25, 0.3) is 6.08 Å². The minimum absolute atomic E-state index is 0.140. The Balaban J connectivity index is 1.75. The summed E-state index contributed by atoms with van der Waals surface area (Å²) in [7, 11) is 1.62. The number of hydrogen-bond acceptors (Lipinski definition) is 4. The van der Waals surface area contributed by atoms with E-state index in [0.717, 1.165) is 17.1 Å². The Labute approximate surface area is 136 Å². The summed E-state index contributed by atoms with van der Waals surface area (Å²) in [5.41, 5.74) is 0.880. The number of aromatic nitrogens is 1. The second kappa shape index (κ2) is 8.58. The summed E-state index contributed by atoms with van der Waals surface area (Å²) in [6, 6.07) is 11.0. The van der Waals surface area contributed by atoms with E-state index in [9.17, 15) is 4.79 Å². The highest BCUT2D eigenvalue weighted by molar-refractivity contribution is 5.91. The van der Waals surface area contributed by atoms with Crippen molar-refractivity contribution in [3.63, 3.8) is 0 Å². The molecule has 0 saturated carbocycles. The van der Waals surface area contributed by atoms with Crippen molar-refractivity contribution in [1.29, 1.82) is 0 Å². The molecule has 0 bridgehead atoms. The van der Waals surface area contributed by atoms with Crippen molar-refractivity contribution in [2.75, 3.05) is 13.7 Å². The van der Waals surface area contributed by atoms with Crippen molar-refractivity contribution in [3.05, 3.63) is 60.4 Å². The average molecular weight is 312 g/mol. The van der Waals surface area contributed by atoms with Crippen LogP contribution in [0, 0.1) is 0 Å². The van der Waals surface area contributed by atoms with Crippen LogP contribution < -0.4 is 14.8 Å². The van der Waals surface area contributed by atoms with E-state index in [1.807, 2.05) is 43.3 Å².